The number of aromatic nitrogens is 2. The number of carbonyl (C=O) groups excluding carboxylic acids is 1. The van der Waals surface area contributed by atoms with Gasteiger partial charge in [-0.05, 0) is 24.3 Å². The van der Waals surface area contributed by atoms with E-state index in [1.807, 2.05) is 48.5 Å². The molecule has 7 heteroatoms. The maximum atomic E-state index is 11.7. The first-order chi connectivity index (χ1) is 14.2. The summed E-state index contributed by atoms with van der Waals surface area (Å²) in [7, 11) is 1.62. The van der Waals surface area contributed by atoms with Gasteiger partial charge in [-0.2, -0.15) is 4.98 Å². The second-order valence-electron chi connectivity index (χ2n) is 6.68. The van der Waals surface area contributed by atoms with Crippen LogP contribution in [-0.2, 0) is 4.74 Å². The molecule has 3 aromatic rings. The molecule has 0 radical (unpaired) electrons. The Morgan fingerprint density at radius 1 is 1.00 bits per heavy atom. The van der Waals surface area contributed by atoms with Gasteiger partial charge < -0.3 is 20.3 Å². The summed E-state index contributed by atoms with van der Waals surface area (Å²) in [6.45, 7) is 2.97. The summed E-state index contributed by atoms with van der Waals surface area (Å²) < 4.78 is 5.47. The van der Waals surface area contributed by atoms with Gasteiger partial charge in [0.1, 0.15) is 5.82 Å². The van der Waals surface area contributed by atoms with Gasteiger partial charge in [0.2, 0.25) is 5.95 Å². The molecular weight excluding hydrogens is 366 g/mol. The molecule has 0 unspecified atom stereocenters. The molecule has 4 rings (SSSR count). The number of anilines is 3. The molecule has 0 atom stereocenters. The topological polar surface area (TPSA) is 79.4 Å². The smallest absolute Gasteiger partial charge is 0.251 e. The number of rotatable bonds is 5. The number of carbonyl (C=O) groups is 1. The minimum atomic E-state index is -0.117. The fraction of sp³-hybridized carbons (Fsp3) is 0.227. The number of hydrogen-bond donors (Lipinski definition) is 2. The third-order valence-corrected chi connectivity index (χ3v) is 4.75. The first-order valence-corrected chi connectivity index (χ1v) is 9.59. The zero-order valence-electron chi connectivity index (χ0n) is 16.3. The van der Waals surface area contributed by atoms with Gasteiger partial charge in [-0.15, -0.1) is 0 Å². The molecule has 7 nitrogen and oxygen atoms in total. The summed E-state index contributed by atoms with van der Waals surface area (Å²) in [5.74, 6) is 1.26. The highest BCUT2D eigenvalue weighted by molar-refractivity contribution is 5.94. The Morgan fingerprint density at radius 2 is 1.72 bits per heavy atom. The lowest BCUT2D eigenvalue weighted by Crippen LogP contribution is -2.36. The summed E-state index contributed by atoms with van der Waals surface area (Å²) in [5.41, 5.74) is 3.30. The largest absolute Gasteiger partial charge is 0.378 e. The van der Waals surface area contributed by atoms with E-state index in [1.54, 1.807) is 19.2 Å². The normalized spacial score (nSPS) is 13.8. The van der Waals surface area contributed by atoms with E-state index in [0.29, 0.717) is 24.7 Å². The molecule has 1 saturated heterocycles. The van der Waals surface area contributed by atoms with Crippen molar-refractivity contribution in [3.63, 3.8) is 0 Å². The van der Waals surface area contributed by atoms with Gasteiger partial charge in [0, 0.05) is 43.0 Å². The van der Waals surface area contributed by atoms with E-state index < -0.39 is 0 Å². The van der Waals surface area contributed by atoms with Crippen LogP contribution in [0.1, 0.15) is 10.4 Å². The SMILES string of the molecule is CNC(=O)c1ccc(Nc2nc(-c3ccccc3)cc(N3CCOCC3)n2)cc1. The Balaban J connectivity index is 1.65. The third kappa shape index (κ3) is 4.52. The number of morpholine rings is 1. The molecular formula is C22H23N5O2. The maximum absolute atomic E-state index is 11.7. The highest BCUT2D eigenvalue weighted by Crippen LogP contribution is 2.25. The quantitative estimate of drug-likeness (QED) is 0.698. The second-order valence-corrected chi connectivity index (χ2v) is 6.68. The zero-order valence-corrected chi connectivity index (χ0v) is 16.3. The van der Waals surface area contributed by atoms with Crippen molar-refractivity contribution in [1.29, 1.82) is 0 Å². The second kappa shape index (κ2) is 8.70. The van der Waals surface area contributed by atoms with Gasteiger partial charge in [-0.1, -0.05) is 30.3 Å². The fourth-order valence-corrected chi connectivity index (χ4v) is 3.18. The lowest BCUT2D eigenvalue weighted by molar-refractivity contribution is 0.0963. The van der Waals surface area contributed by atoms with Crippen LogP contribution in [-0.4, -0.2) is 49.2 Å². The van der Waals surface area contributed by atoms with Crippen LogP contribution in [0.25, 0.3) is 11.3 Å². The summed E-state index contributed by atoms with van der Waals surface area (Å²) in [6.07, 6.45) is 0. The van der Waals surface area contributed by atoms with Gasteiger partial charge >= 0.3 is 0 Å². The molecule has 0 saturated carbocycles. The van der Waals surface area contributed by atoms with E-state index in [2.05, 4.69) is 15.5 Å². The summed E-state index contributed by atoms with van der Waals surface area (Å²) in [6, 6.07) is 19.3. The summed E-state index contributed by atoms with van der Waals surface area (Å²) in [4.78, 5) is 23.4. The fourth-order valence-electron chi connectivity index (χ4n) is 3.18. The van der Waals surface area contributed by atoms with E-state index in [0.717, 1.165) is 35.9 Å². The number of nitrogens with zero attached hydrogens (tertiary/aromatic N) is 3. The van der Waals surface area contributed by atoms with E-state index >= 15 is 0 Å². The van der Waals surface area contributed by atoms with Crippen LogP contribution in [0.5, 0.6) is 0 Å². The highest BCUT2D eigenvalue weighted by Gasteiger charge is 2.16. The van der Waals surface area contributed by atoms with Crippen molar-refractivity contribution in [3.05, 3.63) is 66.2 Å². The highest BCUT2D eigenvalue weighted by atomic mass is 16.5. The van der Waals surface area contributed by atoms with Crippen molar-refractivity contribution in [2.24, 2.45) is 0 Å². The number of hydrogen-bond acceptors (Lipinski definition) is 6. The minimum absolute atomic E-state index is 0.117. The Morgan fingerprint density at radius 3 is 2.41 bits per heavy atom. The first-order valence-electron chi connectivity index (χ1n) is 9.59. The molecule has 1 aliphatic rings. The van der Waals surface area contributed by atoms with Gasteiger partial charge in [-0.25, -0.2) is 4.98 Å². The zero-order chi connectivity index (χ0) is 20.1. The number of ether oxygens (including phenoxy) is 1. The predicted octanol–water partition coefficient (Wildman–Crippen LogP) is 3.08. The molecule has 148 valence electrons. The molecule has 1 fully saturated rings. The first kappa shape index (κ1) is 18.9. The van der Waals surface area contributed by atoms with Crippen LogP contribution >= 0.6 is 0 Å². The maximum Gasteiger partial charge on any atom is 0.251 e. The Labute approximate surface area is 169 Å². The monoisotopic (exact) mass is 389 g/mol. The van der Waals surface area contributed by atoms with E-state index in [-0.39, 0.29) is 5.91 Å². The van der Waals surface area contributed by atoms with E-state index in [4.69, 9.17) is 14.7 Å². The molecule has 2 heterocycles. The molecule has 0 aliphatic carbocycles. The van der Waals surface area contributed by atoms with Crippen LogP contribution < -0.4 is 15.5 Å². The molecule has 2 N–H and O–H groups in total. The van der Waals surface area contributed by atoms with Crippen molar-refractivity contribution in [3.8, 4) is 11.3 Å². The lowest BCUT2D eigenvalue weighted by Gasteiger charge is -2.28. The van der Waals surface area contributed by atoms with Crippen LogP contribution in [0.3, 0.4) is 0 Å². The van der Waals surface area contributed by atoms with E-state index in [9.17, 15) is 4.79 Å². The van der Waals surface area contributed by atoms with Gasteiger partial charge in [-0.3, -0.25) is 4.79 Å². The lowest BCUT2D eigenvalue weighted by atomic mass is 10.1. The van der Waals surface area contributed by atoms with Crippen LogP contribution in [0.15, 0.2) is 60.7 Å². The molecule has 1 aliphatic heterocycles. The third-order valence-electron chi connectivity index (χ3n) is 4.75. The van der Waals surface area contributed by atoms with Crippen LogP contribution in [0.4, 0.5) is 17.5 Å². The molecule has 29 heavy (non-hydrogen) atoms. The molecule has 0 spiro atoms. The van der Waals surface area contributed by atoms with Crippen LogP contribution in [0, 0.1) is 0 Å². The standard InChI is InChI=1S/C22H23N5O2/c1-23-21(28)17-7-9-18(10-8-17)24-22-25-19(16-5-3-2-4-6-16)15-20(26-22)27-11-13-29-14-12-27/h2-10,15H,11-14H2,1H3,(H,23,28)(H,24,25,26). The number of nitrogens with one attached hydrogen (secondary N) is 2. The predicted molar refractivity (Wildman–Crippen MR) is 114 cm³/mol. The Kier molecular flexibility index (Phi) is 5.67. The minimum Gasteiger partial charge on any atom is -0.378 e. The average molecular weight is 389 g/mol. The molecule has 2 aromatic carbocycles. The Bertz CT molecular complexity index is 970. The average Bonchev–Trinajstić information content (AvgIpc) is 2.80. The van der Waals surface area contributed by atoms with Crippen LogP contribution in [0.2, 0.25) is 0 Å². The van der Waals surface area contributed by atoms with Crippen molar-refractivity contribution in [2.75, 3.05) is 43.6 Å². The molecule has 1 amide bonds. The summed E-state index contributed by atoms with van der Waals surface area (Å²) >= 11 is 0. The Hall–Kier alpha value is -3.45. The number of amides is 1. The van der Waals surface area contributed by atoms with Crippen molar-refractivity contribution < 1.29 is 9.53 Å². The van der Waals surface area contributed by atoms with Crippen molar-refractivity contribution in [1.82, 2.24) is 15.3 Å². The van der Waals surface area contributed by atoms with Crippen molar-refractivity contribution in [2.45, 2.75) is 0 Å². The van der Waals surface area contributed by atoms with Gasteiger partial charge in [0.15, 0.2) is 0 Å². The van der Waals surface area contributed by atoms with Gasteiger partial charge in [0.25, 0.3) is 5.91 Å². The number of benzene rings is 2. The van der Waals surface area contributed by atoms with Gasteiger partial charge in [0.05, 0.1) is 18.9 Å². The van der Waals surface area contributed by atoms with E-state index in [1.165, 1.54) is 0 Å². The van der Waals surface area contributed by atoms with Crippen molar-refractivity contribution >= 4 is 23.4 Å². The summed E-state index contributed by atoms with van der Waals surface area (Å²) in [5, 5.41) is 5.89. The molecule has 1 aromatic heterocycles. The molecule has 0 bridgehead atoms.